The average Bonchev–Trinajstić information content (AvgIpc) is 2.98. The van der Waals surface area contributed by atoms with Crippen LogP contribution in [0.2, 0.25) is 0 Å². The largest absolute Gasteiger partial charge is 0.314 e. The van der Waals surface area contributed by atoms with Gasteiger partial charge in [0.15, 0.2) is 0 Å². The van der Waals surface area contributed by atoms with Gasteiger partial charge in [0.25, 0.3) is 0 Å². The zero-order chi connectivity index (χ0) is 32.4. The minimum absolute atomic E-state index is 0.326. The number of hydrogen-bond acceptors (Lipinski definition) is 6. The lowest BCUT2D eigenvalue weighted by molar-refractivity contribution is 0.0932. The summed E-state index contributed by atoms with van der Waals surface area (Å²) in [6.45, 7) is 32.4. The first-order chi connectivity index (χ1) is 20.1. The van der Waals surface area contributed by atoms with E-state index < -0.39 is 0 Å². The number of nitrogens with one attached hydrogen (secondary N) is 3. The summed E-state index contributed by atoms with van der Waals surface area (Å²) < 4.78 is 0. The SMILES string of the molecule is CC.CC.CC(C)C1(C)CN(C)CCN1.CCCCCCC1(C)CNCCN1C.CCCCCCC1CN(C)CCN1. The van der Waals surface area contributed by atoms with E-state index in [1.165, 1.54) is 103 Å². The van der Waals surface area contributed by atoms with Gasteiger partial charge in [-0.25, -0.2) is 0 Å². The summed E-state index contributed by atoms with van der Waals surface area (Å²) in [6, 6.07) is 0.760. The molecular formula is C36H82N6. The van der Waals surface area contributed by atoms with Crippen molar-refractivity contribution in [2.24, 2.45) is 5.92 Å². The highest BCUT2D eigenvalue weighted by molar-refractivity contribution is 4.92. The molecule has 3 aliphatic heterocycles. The van der Waals surface area contributed by atoms with Gasteiger partial charge in [-0.05, 0) is 53.8 Å². The van der Waals surface area contributed by atoms with Gasteiger partial charge in [0.2, 0.25) is 0 Å². The summed E-state index contributed by atoms with van der Waals surface area (Å²) in [7, 11) is 6.68. The van der Waals surface area contributed by atoms with Gasteiger partial charge in [-0.2, -0.15) is 0 Å². The van der Waals surface area contributed by atoms with Gasteiger partial charge >= 0.3 is 0 Å². The zero-order valence-corrected chi connectivity index (χ0v) is 31.4. The topological polar surface area (TPSA) is 45.8 Å². The summed E-state index contributed by atoms with van der Waals surface area (Å²) >= 11 is 0. The number of likely N-dealkylation sites (N-methyl/N-ethyl adjacent to an activating group) is 3. The Labute approximate surface area is 266 Å². The van der Waals surface area contributed by atoms with E-state index in [9.17, 15) is 0 Å². The molecule has 0 saturated carbocycles. The van der Waals surface area contributed by atoms with Gasteiger partial charge in [0.05, 0.1) is 0 Å². The van der Waals surface area contributed by atoms with Crippen molar-refractivity contribution in [3.63, 3.8) is 0 Å². The smallest absolute Gasteiger partial charge is 0.0303 e. The Morgan fingerprint density at radius 3 is 1.83 bits per heavy atom. The molecule has 0 aromatic carbocycles. The van der Waals surface area contributed by atoms with Crippen LogP contribution in [0.1, 0.15) is 133 Å². The van der Waals surface area contributed by atoms with Gasteiger partial charge in [0.1, 0.15) is 0 Å². The molecule has 0 bridgehead atoms. The van der Waals surface area contributed by atoms with E-state index in [2.05, 4.69) is 93.3 Å². The Hall–Kier alpha value is -0.240. The molecule has 6 nitrogen and oxygen atoms in total. The lowest BCUT2D eigenvalue weighted by Crippen LogP contribution is -2.60. The molecule has 0 aromatic heterocycles. The fraction of sp³-hybridized carbons (Fsp3) is 1.00. The van der Waals surface area contributed by atoms with Gasteiger partial charge in [-0.3, -0.25) is 4.90 Å². The van der Waals surface area contributed by atoms with E-state index in [0.29, 0.717) is 17.0 Å². The van der Waals surface area contributed by atoms with E-state index in [0.717, 1.165) is 25.7 Å². The Morgan fingerprint density at radius 1 is 0.738 bits per heavy atom. The second-order valence-corrected chi connectivity index (χ2v) is 13.4. The molecule has 256 valence electrons. The van der Waals surface area contributed by atoms with E-state index in [4.69, 9.17) is 0 Å². The fourth-order valence-corrected chi connectivity index (χ4v) is 5.84. The maximum absolute atomic E-state index is 3.58. The number of hydrogen-bond donors (Lipinski definition) is 3. The number of piperazine rings is 3. The summed E-state index contributed by atoms with van der Waals surface area (Å²) in [6.07, 6.45) is 13.8. The van der Waals surface area contributed by atoms with Crippen molar-refractivity contribution in [2.45, 2.75) is 151 Å². The zero-order valence-electron chi connectivity index (χ0n) is 31.4. The molecule has 3 saturated heterocycles. The number of nitrogens with zero attached hydrogens (tertiary/aromatic N) is 3. The van der Waals surface area contributed by atoms with Crippen LogP contribution in [-0.2, 0) is 0 Å². The molecule has 0 amide bonds. The van der Waals surface area contributed by atoms with Crippen LogP contribution < -0.4 is 16.0 Å². The summed E-state index contributed by atoms with van der Waals surface area (Å²) in [5, 5.41) is 10.7. The number of unbranched alkanes of at least 4 members (excludes halogenated alkanes) is 6. The third kappa shape index (κ3) is 19.9. The minimum Gasteiger partial charge on any atom is -0.314 e. The van der Waals surface area contributed by atoms with Crippen molar-refractivity contribution in [1.82, 2.24) is 30.7 Å². The molecule has 3 rings (SSSR count). The molecule has 0 spiro atoms. The molecule has 3 atom stereocenters. The van der Waals surface area contributed by atoms with Gasteiger partial charge in [-0.1, -0.05) is 107 Å². The van der Waals surface area contributed by atoms with Crippen LogP contribution >= 0.6 is 0 Å². The van der Waals surface area contributed by atoms with Crippen molar-refractivity contribution in [2.75, 3.05) is 80.0 Å². The molecule has 3 N–H and O–H groups in total. The highest BCUT2D eigenvalue weighted by atomic mass is 15.2. The lowest BCUT2D eigenvalue weighted by atomic mass is 9.86. The van der Waals surface area contributed by atoms with Crippen molar-refractivity contribution in [3.05, 3.63) is 0 Å². The molecule has 6 heteroatoms. The summed E-state index contributed by atoms with van der Waals surface area (Å²) in [4.78, 5) is 7.35. The first kappa shape index (κ1) is 43.9. The number of rotatable bonds is 11. The first-order valence-electron chi connectivity index (χ1n) is 18.3. The third-order valence-corrected chi connectivity index (χ3v) is 9.38. The van der Waals surface area contributed by atoms with Crippen molar-refractivity contribution in [1.29, 1.82) is 0 Å². The average molecular weight is 599 g/mol. The highest BCUT2D eigenvalue weighted by Gasteiger charge is 2.32. The van der Waals surface area contributed by atoms with E-state index in [-0.39, 0.29) is 0 Å². The molecule has 0 aliphatic carbocycles. The standard InChI is InChI=1S/C12H26N2.C11H24N2.C9H20N2.2C2H6/c1-4-5-6-7-8-12(2)11-13-9-10-14(12)3;1-3-4-5-6-7-11-10-13(2)9-8-12-11;1-8(2)9(3)7-11(4)6-5-10-9;2*1-2/h13H,4-11H2,1-3H3;11-12H,3-10H2,1-2H3;8,10H,5-7H2,1-4H3;2*1-2H3. The monoisotopic (exact) mass is 599 g/mol. The Bertz CT molecular complexity index is 573. The Kier molecular flexibility index (Phi) is 28.3. The quantitative estimate of drug-likeness (QED) is 0.221. The highest BCUT2D eigenvalue weighted by Crippen LogP contribution is 2.22. The molecule has 0 radical (unpaired) electrons. The maximum atomic E-state index is 3.58. The van der Waals surface area contributed by atoms with E-state index in [1.54, 1.807) is 0 Å². The second kappa shape index (κ2) is 27.1. The van der Waals surface area contributed by atoms with E-state index >= 15 is 0 Å². The van der Waals surface area contributed by atoms with Crippen LogP contribution in [0.3, 0.4) is 0 Å². The first-order valence-corrected chi connectivity index (χ1v) is 18.3. The summed E-state index contributed by atoms with van der Waals surface area (Å²) in [5.74, 6) is 0.713. The van der Waals surface area contributed by atoms with Gasteiger partial charge in [0, 0.05) is 76.0 Å². The lowest BCUT2D eigenvalue weighted by Gasteiger charge is -2.43. The van der Waals surface area contributed by atoms with Crippen molar-refractivity contribution < 1.29 is 0 Å². The predicted octanol–water partition coefficient (Wildman–Crippen LogP) is 7.10. The normalized spacial score (nSPS) is 26.9. The molecule has 3 unspecified atom stereocenters. The Balaban J connectivity index is 0. The maximum Gasteiger partial charge on any atom is 0.0303 e. The van der Waals surface area contributed by atoms with Crippen LogP contribution in [0.4, 0.5) is 0 Å². The van der Waals surface area contributed by atoms with Crippen molar-refractivity contribution in [3.8, 4) is 0 Å². The Morgan fingerprint density at radius 2 is 1.33 bits per heavy atom. The van der Waals surface area contributed by atoms with Crippen LogP contribution in [-0.4, -0.2) is 112 Å². The summed E-state index contributed by atoms with van der Waals surface area (Å²) in [5.41, 5.74) is 0.735. The predicted molar refractivity (Wildman–Crippen MR) is 192 cm³/mol. The third-order valence-electron chi connectivity index (χ3n) is 9.38. The second-order valence-electron chi connectivity index (χ2n) is 13.4. The van der Waals surface area contributed by atoms with E-state index in [1.807, 2.05) is 27.7 Å². The van der Waals surface area contributed by atoms with Gasteiger partial charge in [-0.15, -0.1) is 0 Å². The molecule has 42 heavy (non-hydrogen) atoms. The van der Waals surface area contributed by atoms with Crippen molar-refractivity contribution >= 4 is 0 Å². The molecule has 0 aromatic rings. The minimum atomic E-state index is 0.326. The molecule has 3 fully saturated rings. The molecule has 3 aliphatic rings. The van der Waals surface area contributed by atoms with Crippen LogP contribution in [0.25, 0.3) is 0 Å². The van der Waals surface area contributed by atoms with Gasteiger partial charge < -0.3 is 25.8 Å². The van der Waals surface area contributed by atoms with Crippen LogP contribution in [0, 0.1) is 5.92 Å². The van der Waals surface area contributed by atoms with Crippen LogP contribution in [0.15, 0.2) is 0 Å². The molecular weight excluding hydrogens is 516 g/mol. The van der Waals surface area contributed by atoms with Crippen LogP contribution in [0.5, 0.6) is 0 Å². The molecule has 3 heterocycles. The fourth-order valence-electron chi connectivity index (χ4n) is 5.84.